The van der Waals surface area contributed by atoms with Crippen molar-refractivity contribution in [3.05, 3.63) is 42.0 Å². The first-order chi connectivity index (χ1) is 13.2. The molecule has 0 fully saturated rings. The fourth-order valence-corrected chi connectivity index (χ4v) is 3.08. The topological polar surface area (TPSA) is 76.4 Å². The van der Waals surface area contributed by atoms with Crippen LogP contribution in [-0.2, 0) is 18.3 Å². The lowest BCUT2D eigenvalue weighted by atomic mass is 10.4. The zero-order valence-corrected chi connectivity index (χ0v) is 17.3. The molecule has 1 heterocycles. The van der Waals surface area contributed by atoms with Crippen molar-refractivity contribution in [2.75, 3.05) is 32.1 Å². The normalized spacial score (nSPS) is 11.6. The van der Waals surface area contributed by atoms with Crippen molar-refractivity contribution in [1.29, 1.82) is 0 Å². The number of aliphatic imine (C=N–C) groups is 1. The summed E-state index contributed by atoms with van der Waals surface area (Å²) in [6.07, 6.45) is 0.941. The van der Waals surface area contributed by atoms with Gasteiger partial charge in [0.15, 0.2) is 11.8 Å². The molecule has 0 radical (unpaired) electrons. The maximum absolute atomic E-state index is 5.39. The number of hydrogen-bond acceptors (Lipinski definition) is 5. The number of benzene rings is 1. The second-order valence-electron chi connectivity index (χ2n) is 5.95. The molecular formula is C19H30N6OS. The van der Waals surface area contributed by atoms with Gasteiger partial charge in [0, 0.05) is 44.0 Å². The first-order valence-corrected chi connectivity index (χ1v) is 10.3. The van der Waals surface area contributed by atoms with Gasteiger partial charge in [-0.3, -0.25) is 0 Å². The largest absolute Gasteiger partial charge is 0.382 e. The SMILES string of the molecule is CCOCCCNC(=NCc1nnc(C)n1C)NCCSc1ccccc1. The van der Waals surface area contributed by atoms with Gasteiger partial charge < -0.3 is 19.9 Å². The van der Waals surface area contributed by atoms with Gasteiger partial charge in [-0.1, -0.05) is 18.2 Å². The van der Waals surface area contributed by atoms with E-state index in [1.54, 1.807) is 0 Å². The van der Waals surface area contributed by atoms with Crippen LogP contribution < -0.4 is 10.6 Å². The molecule has 0 bridgehead atoms. The van der Waals surface area contributed by atoms with Gasteiger partial charge in [-0.05, 0) is 32.4 Å². The fraction of sp³-hybridized carbons (Fsp3) is 0.526. The standard InChI is InChI=1S/C19H30N6OS/c1-4-26-13-8-11-20-19(22-15-18-24-23-16(2)25(18)3)21-12-14-27-17-9-6-5-7-10-17/h5-7,9-10H,4,8,11-15H2,1-3H3,(H2,20,21,22). The second kappa shape index (κ2) is 12.3. The monoisotopic (exact) mass is 390 g/mol. The van der Waals surface area contributed by atoms with Gasteiger partial charge in [0.1, 0.15) is 12.4 Å². The van der Waals surface area contributed by atoms with Gasteiger partial charge in [-0.15, -0.1) is 22.0 Å². The van der Waals surface area contributed by atoms with Gasteiger partial charge in [0.25, 0.3) is 0 Å². The summed E-state index contributed by atoms with van der Waals surface area (Å²) in [6, 6.07) is 10.4. The van der Waals surface area contributed by atoms with Crippen LogP contribution in [0.2, 0.25) is 0 Å². The van der Waals surface area contributed by atoms with Crippen molar-refractivity contribution in [2.24, 2.45) is 12.0 Å². The molecule has 0 saturated heterocycles. The first-order valence-electron chi connectivity index (χ1n) is 9.33. The van der Waals surface area contributed by atoms with Crippen LogP contribution in [0.25, 0.3) is 0 Å². The summed E-state index contributed by atoms with van der Waals surface area (Å²) in [5.41, 5.74) is 0. The van der Waals surface area contributed by atoms with E-state index in [1.165, 1.54) is 4.90 Å². The van der Waals surface area contributed by atoms with Crippen molar-refractivity contribution in [2.45, 2.75) is 31.7 Å². The van der Waals surface area contributed by atoms with Crippen LogP contribution in [0.4, 0.5) is 0 Å². The Labute approximate surface area is 166 Å². The number of nitrogens with zero attached hydrogens (tertiary/aromatic N) is 4. The van der Waals surface area contributed by atoms with Gasteiger partial charge in [-0.2, -0.15) is 0 Å². The smallest absolute Gasteiger partial charge is 0.191 e. The number of nitrogens with one attached hydrogen (secondary N) is 2. The molecule has 2 aromatic rings. The van der Waals surface area contributed by atoms with Crippen molar-refractivity contribution in [3.63, 3.8) is 0 Å². The quantitative estimate of drug-likeness (QED) is 0.266. The van der Waals surface area contributed by atoms with Crippen LogP contribution in [0.3, 0.4) is 0 Å². The van der Waals surface area contributed by atoms with E-state index in [1.807, 2.05) is 43.3 Å². The molecule has 1 aromatic heterocycles. The molecule has 1 aromatic carbocycles. The van der Waals surface area contributed by atoms with E-state index in [4.69, 9.17) is 4.74 Å². The lowest BCUT2D eigenvalue weighted by Crippen LogP contribution is -2.39. The van der Waals surface area contributed by atoms with E-state index in [9.17, 15) is 0 Å². The Morgan fingerprint density at radius 1 is 1.19 bits per heavy atom. The zero-order chi connectivity index (χ0) is 19.3. The minimum absolute atomic E-state index is 0.490. The van der Waals surface area contributed by atoms with Crippen LogP contribution in [0.5, 0.6) is 0 Å². The van der Waals surface area contributed by atoms with E-state index in [2.05, 4.69) is 50.1 Å². The minimum Gasteiger partial charge on any atom is -0.382 e. The molecule has 148 valence electrons. The predicted molar refractivity (Wildman–Crippen MR) is 111 cm³/mol. The maximum atomic E-state index is 5.39. The predicted octanol–water partition coefficient (Wildman–Crippen LogP) is 2.38. The molecule has 0 atom stereocenters. The number of hydrogen-bond donors (Lipinski definition) is 2. The highest BCUT2D eigenvalue weighted by molar-refractivity contribution is 7.99. The molecule has 0 spiro atoms. The molecule has 27 heavy (non-hydrogen) atoms. The Morgan fingerprint density at radius 2 is 1.96 bits per heavy atom. The fourth-order valence-electron chi connectivity index (χ4n) is 2.29. The highest BCUT2D eigenvalue weighted by Crippen LogP contribution is 2.15. The van der Waals surface area contributed by atoms with Crippen LogP contribution in [0, 0.1) is 6.92 Å². The molecule has 0 unspecified atom stereocenters. The van der Waals surface area contributed by atoms with E-state index in [0.29, 0.717) is 6.54 Å². The van der Waals surface area contributed by atoms with E-state index < -0.39 is 0 Å². The third-order valence-corrected chi connectivity index (χ3v) is 4.94. The number of guanidine groups is 1. The summed E-state index contributed by atoms with van der Waals surface area (Å²) in [7, 11) is 1.96. The maximum Gasteiger partial charge on any atom is 0.191 e. The van der Waals surface area contributed by atoms with Gasteiger partial charge in [-0.25, -0.2) is 4.99 Å². The summed E-state index contributed by atoms with van der Waals surface area (Å²) in [4.78, 5) is 5.93. The van der Waals surface area contributed by atoms with E-state index >= 15 is 0 Å². The highest BCUT2D eigenvalue weighted by atomic mass is 32.2. The van der Waals surface area contributed by atoms with Crippen LogP contribution >= 0.6 is 11.8 Å². The molecule has 0 aliphatic rings. The zero-order valence-electron chi connectivity index (χ0n) is 16.4. The number of aromatic nitrogens is 3. The average Bonchev–Trinajstić information content (AvgIpc) is 3.01. The minimum atomic E-state index is 0.490. The highest BCUT2D eigenvalue weighted by Gasteiger charge is 2.05. The second-order valence-corrected chi connectivity index (χ2v) is 7.12. The Balaban J connectivity index is 1.82. The molecule has 0 aliphatic heterocycles. The molecule has 0 aliphatic carbocycles. The van der Waals surface area contributed by atoms with Crippen molar-refractivity contribution < 1.29 is 4.74 Å². The number of rotatable bonds is 11. The molecule has 2 rings (SSSR count). The lowest BCUT2D eigenvalue weighted by Gasteiger charge is -2.12. The summed E-state index contributed by atoms with van der Waals surface area (Å²) >= 11 is 1.83. The molecule has 2 N–H and O–H groups in total. The molecule has 7 nitrogen and oxygen atoms in total. The van der Waals surface area contributed by atoms with Crippen LogP contribution in [-0.4, -0.2) is 52.8 Å². The number of thioether (sulfide) groups is 1. The third-order valence-electron chi connectivity index (χ3n) is 3.93. The Morgan fingerprint density at radius 3 is 2.67 bits per heavy atom. The summed E-state index contributed by atoms with van der Waals surface area (Å²) in [5, 5.41) is 15.0. The summed E-state index contributed by atoms with van der Waals surface area (Å²) < 4.78 is 7.35. The Bertz CT molecular complexity index is 689. The van der Waals surface area contributed by atoms with E-state index in [-0.39, 0.29) is 0 Å². The van der Waals surface area contributed by atoms with Gasteiger partial charge in [0.2, 0.25) is 0 Å². The van der Waals surface area contributed by atoms with Crippen molar-refractivity contribution in [3.8, 4) is 0 Å². The van der Waals surface area contributed by atoms with Crippen LogP contribution in [0.15, 0.2) is 40.2 Å². The number of aryl methyl sites for hydroxylation is 1. The summed E-state index contributed by atoms with van der Waals surface area (Å²) in [6.45, 7) is 7.58. The van der Waals surface area contributed by atoms with Crippen molar-refractivity contribution in [1.82, 2.24) is 25.4 Å². The van der Waals surface area contributed by atoms with Gasteiger partial charge >= 0.3 is 0 Å². The molecule has 0 saturated carbocycles. The van der Waals surface area contributed by atoms with Crippen molar-refractivity contribution >= 4 is 17.7 Å². The summed E-state index contributed by atoms with van der Waals surface area (Å²) in [5.74, 6) is 3.49. The number of ether oxygens (including phenoxy) is 1. The molecule has 0 amide bonds. The van der Waals surface area contributed by atoms with Gasteiger partial charge in [0.05, 0.1) is 0 Å². The molecular weight excluding hydrogens is 360 g/mol. The Kier molecular flexibility index (Phi) is 9.72. The lowest BCUT2D eigenvalue weighted by molar-refractivity contribution is 0.145. The first kappa shape index (κ1) is 21.2. The molecule has 8 heteroatoms. The average molecular weight is 391 g/mol. The van der Waals surface area contributed by atoms with E-state index in [0.717, 1.165) is 56.1 Å². The third kappa shape index (κ3) is 8.01. The van der Waals surface area contributed by atoms with Crippen LogP contribution in [0.1, 0.15) is 25.0 Å². The Hall–Kier alpha value is -2.06.